The van der Waals surface area contributed by atoms with Crippen LogP contribution in [0.3, 0.4) is 0 Å². The van der Waals surface area contributed by atoms with Crippen LogP contribution in [-0.2, 0) is 4.79 Å². The van der Waals surface area contributed by atoms with Crippen LogP contribution in [0.1, 0.15) is 0 Å². The van der Waals surface area contributed by atoms with Gasteiger partial charge in [0.25, 0.3) is 0 Å². The van der Waals surface area contributed by atoms with Gasteiger partial charge in [-0.2, -0.15) is 17.6 Å². The molecule has 8 heteroatoms. The number of hydrogen-bond donors (Lipinski definition) is 1. The van der Waals surface area contributed by atoms with Gasteiger partial charge in [-0.15, -0.1) is 0 Å². The van der Waals surface area contributed by atoms with E-state index in [1.807, 2.05) is 0 Å². The third-order valence-corrected chi connectivity index (χ3v) is 1.85. The Morgan fingerprint density at radius 3 is 1.69 bits per heavy atom. The van der Waals surface area contributed by atoms with E-state index in [0.717, 1.165) is 0 Å². The van der Waals surface area contributed by atoms with Gasteiger partial charge in [0.15, 0.2) is 0 Å². The summed E-state index contributed by atoms with van der Waals surface area (Å²) in [6.07, 6.45) is -4.02. The van der Waals surface area contributed by atoms with Crippen LogP contribution in [0.4, 0.5) is 26.3 Å². The monoisotopic (exact) mass is 208 g/mol. The first-order valence-corrected chi connectivity index (χ1v) is 2.92. The van der Waals surface area contributed by atoms with Crippen LogP contribution in [0.5, 0.6) is 0 Å². The molecule has 0 spiro atoms. The summed E-state index contributed by atoms with van der Waals surface area (Å²) in [4.78, 5) is 9.79. The number of hydrogen-bond acceptors (Lipinski definition) is 1. The van der Waals surface area contributed by atoms with Crippen molar-refractivity contribution >= 4 is 5.97 Å². The molecule has 0 saturated heterocycles. The topological polar surface area (TPSA) is 37.3 Å². The van der Waals surface area contributed by atoms with E-state index in [1.165, 1.54) is 0 Å². The van der Waals surface area contributed by atoms with E-state index in [2.05, 4.69) is 0 Å². The minimum Gasteiger partial charge on any atom is -0.479 e. The van der Waals surface area contributed by atoms with Gasteiger partial charge in [-0.25, -0.2) is 13.6 Å². The second-order valence-electron chi connectivity index (χ2n) is 2.58. The Labute approximate surface area is 67.1 Å². The van der Waals surface area contributed by atoms with Crippen molar-refractivity contribution in [2.75, 3.05) is 0 Å². The Morgan fingerprint density at radius 2 is 1.54 bits per heavy atom. The van der Waals surface area contributed by atoms with E-state index in [9.17, 15) is 31.1 Å². The van der Waals surface area contributed by atoms with Gasteiger partial charge in [-0.3, -0.25) is 0 Å². The zero-order chi connectivity index (χ0) is 10.7. The predicted molar refractivity (Wildman–Crippen MR) is 26.3 cm³/mol. The summed E-state index contributed by atoms with van der Waals surface area (Å²) in [5.74, 6) is -13.7. The lowest BCUT2D eigenvalue weighted by Crippen LogP contribution is -2.81. The first kappa shape index (κ1) is 10.1. The molecule has 2 unspecified atom stereocenters. The minimum absolute atomic E-state index is 2.93. The zero-order valence-electron chi connectivity index (χ0n) is 5.70. The molecule has 1 aliphatic rings. The summed E-state index contributed by atoms with van der Waals surface area (Å²) in [5, 5.41) is 7.80. The molecule has 0 aromatic heterocycles. The smallest absolute Gasteiger partial charge is 0.360 e. The summed E-state index contributed by atoms with van der Waals surface area (Å²) in [7, 11) is 0. The second kappa shape index (κ2) is 2.10. The fraction of sp³-hybridized carbons (Fsp3) is 0.800. The Hall–Kier alpha value is -0.950. The molecule has 1 saturated carbocycles. The summed E-state index contributed by atoms with van der Waals surface area (Å²) in [6.45, 7) is 0. The van der Waals surface area contributed by atoms with Gasteiger partial charge in [-0.05, 0) is 0 Å². The number of carboxylic acids is 1. The number of rotatable bonds is 1. The van der Waals surface area contributed by atoms with Crippen molar-refractivity contribution in [2.24, 2.45) is 0 Å². The Kier molecular flexibility index (Phi) is 1.64. The van der Waals surface area contributed by atoms with Gasteiger partial charge < -0.3 is 5.11 Å². The van der Waals surface area contributed by atoms with E-state index in [-0.39, 0.29) is 0 Å². The van der Waals surface area contributed by atoms with Crippen LogP contribution >= 0.6 is 0 Å². The Balaban J connectivity index is 3.14. The SMILES string of the molecule is O=C(O)C1(F)C(F)C(F)(F)C1(F)F. The van der Waals surface area contributed by atoms with Crippen LogP contribution in [0, 0.1) is 0 Å². The molecule has 76 valence electrons. The van der Waals surface area contributed by atoms with Crippen LogP contribution in [-0.4, -0.2) is 34.8 Å². The van der Waals surface area contributed by atoms with Crippen molar-refractivity contribution in [3.05, 3.63) is 0 Å². The number of carboxylic acid groups (broad SMARTS) is 1. The van der Waals surface area contributed by atoms with Gasteiger partial charge in [-0.1, -0.05) is 0 Å². The van der Waals surface area contributed by atoms with Crippen molar-refractivity contribution in [2.45, 2.75) is 23.7 Å². The van der Waals surface area contributed by atoms with Crippen LogP contribution < -0.4 is 0 Å². The number of alkyl halides is 6. The quantitative estimate of drug-likeness (QED) is 0.661. The van der Waals surface area contributed by atoms with Crippen molar-refractivity contribution in [3.8, 4) is 0 Å². The highest BCUT2D eigenvalue weighted by atomic mass is 19.3. The highest BCUT2D eigenvalue weighted by molar-refractivity contribution is 5.83. The zero-order valence-corrected chi connectivity index (χ0v) is 5.70. The summed E-state index contributed by atoms with van der Waals surface area (Å²) in [6, 6.07) is 0. The first-order valence-electron chi connectivity index (χ1n) is 2.92. The maximum absolute atomic E-state index is 12.5. The molecule has 1 fully saturated rings. The molecule has 1 N–H and O–H groups in total. The van der Waals surface area contributed by atoms with Crippen molar-refractivity contribution in [1.82, 2.24) is 0 Å². The number of halogens is 6. The normalized spacial score (nSPS) is 40.9. The summed E-state index contributed by atoms with van der Waals surface area (Å²) < 4.78 is 72.7. The standard InChI is InChI=1S/C5H2F6O2/c6-1-3(7,2(12)13)5(10,11)4(1,8)9/h1H,(H,12,13). The molecule has 0 bridgehead atoms. The van der Waals surface area contributed by atoms with Crippen molar-refractivity contribution < 1.29 is 36.2 Å². The molecule has 1 rings (SSSR count). The van der Waals surface area contributed by atoms with Crippen molar-refractivity contribution in [3.63, 3.8) is 0 Å². The lowest BCUT2D eigenvalue weighted by atomic mass is 9.72. The molecule has 13 heavy (non-hydrogen) atoms. The fourth-order valence-corrected chi connectivity index (χ4v) is 0.976. The molecule has 0 aliphatic heterocycles. The lowest BCUT2D eigenvalue weighted by molar-refractivity contribution is -0.384. The fourth-order valence-electron chi connectivity index (χ4n) is 0.976. The van der Waals surface area contributed by atoms with Crippen LogP contribution in [0.25, 0.3) is 0 Å². The molecule has 1 aliphatic carbocycles. The molecule has 0 radical (unpaired) electrons. The highest BCUT2D eigenvalue weighted by Gasteiger charge is 2.93. The lowest BCUT2D eigenvalue weighted by Gasteiger charge is -2.48. The molecule has 0 heterocycles. The molecule has 0 amide bonds. The third-order valence-electron chi connectivity index (χ3n) is 1.85. The van der Waals surface area contributed by atoms with Crippen LogP contribution in [0.2, 0.25) is 0 Å². The highest BCUT2D eigenvalue weighted by Crippen LogP contribution is 2.61. The summed E-state index contributed by atoms with van der Waals surface area (Å²) in [5.41, 5.74) is -4.82. The van der Waals surface area contributed by atoms with Crippen LogP contribution in [0.15, 0.2) is 0 Å². The molecular weight excluding hydrogens is 206 g/mol. The van der Waals surface area contributed by atoms with Gasteiger partial charge >= 0.3 is 23.5 Å². The predicted octanol–water partition coefficient (Wildman–Crippen LogP) is 1.40. The maximum Gasteiger partial charge on any atom is 0.360 e. The molecule has 0 aromatic rings. The maximum atomic E-state index is 12.5. The van der Waals surface area contributed by atoms with E-state index in [1.54, 1.807) is 0 Å². The largest absolute Gasteiger partial charge is 0.479 e. The molecule has 2 atom stereocenters. The van der Waals surface area contributed by atoms with Crippen molar-refractivity contribution in [1.29, 1.82) is 0 Å². The second-order valence-corrected chi connectivity index (χ2v) is 2.58. The van der Waals surface area contributed by atoms with E-state index in [0.29, 0.717) is 0 Å². The Bertz CT molecular complexity index is 264. The first-order chi connectivity index (χ1) is 5.60. The Morgan fingerprint density at radius 1 is 1.15 bits per heavy atom. The summed E-state index contributed by atoms with van der Waals surface area (Å²) >= 11 is 0. The molecule has 0 aromatic carbocycles. The average molecular weight is 208 g/mol. The third kappa shape index (κ3) is 0.737. The number of aliphatic carboxylic acids is 1. The van der Waals surface area contributed by atoms with E-state index < -0.39 is 29.7 Å². The van der Waals surface area contributed by atoms with Gasteiger partial charge in [0.2, 0.25) is 6.17 Å². The van der Waals surface area contributed by atoms with Gasteiger partial charge in [0, 0.05) is 0 Å². The van der Waals surface area contributed by atoms with E-state index in [4.69, 9.17) is 5.11 Å². The van der Waals surface area contributed by atoms with Gasteiger partial charge in [0.05, 0.1) is 0 Å². The number of carbonyl (C=O) groups is 1. The molecular formula is C5H2F6O2. The average Bonchev–Trinajstić information content (AvgIpc) is 2.00. The minimum atomic E-state index is -5.51. The van der Waals surface area contributed by atoms with E-state index >= 15 is 0 Å². The molecule has 2 nitrogen and oxygen atoms in total. The van der Waals surface area contributed by atoms with Gasteiger partial charge in [0.1, 0.15) is 0 Å².